The van der Waals surface area contributed by atoms with Crippen LogP contribution >= 0.6 is 22.6 Å². The van der Waals surface area contributed by atoms with Crippen LogP contribution in [0, 0.1) is 13.7 Å². The molecule has 104 valence electrons. The standard InChI is InChI=1S/C13H13IN4O2/c14-13-8-1-2-10(11-7-15-5-6-16-11)17-9(8)3-4-12(13)18(19)20/h1-4,11,15-16H,5-7H2. The summed E-state index contributed by atoms with van der Waals surface area (Å²) in [4.78, 5) is 15.2. The fourth-order valence-corrected chi connectivity index (χ4v) is 3.20. The number of nitrogens with one attached hydrogen (secondary N) is 2. The molecule has 7 heteroatoms. The third kappa shape index (κ3) is 2.48. The molecule has 1 aliphatic rings. The van der Waals surface area contributed by atoms with Gasteiger partial charge in [-0.15, -0.1) is 0 Å². The maximum absolute atomic E-state index is 10.9. The summed E-state index contributed by atoms with van der Waals surface area (Å²) in [6, 6.07) is 7.30. The Labute approximate surface area is 129 Å². The zero-order valence-electron chi connectivity index (χ0n) is 10.6. The molecule has 1 aliphatic heterocycles. The Kier molecular flexibility index (Phi) is 3.81. The molecule has 1 fully saturated rings. The van der Waals surface area contributed by atoms with E-state index in [-0.39, 0.29) is 16.7 Å². The predicted octanol–water partition coefficient (Wildman–Crippen LogP) is 1.98. The van der Waals surface area contributed by atoms with E-state index in [1.54, 1.807) is 6.07 Å². The average Bonchev–Trinajstić information content (AvgIpc) is 2.48. The molecule has 1 atom stereocenters. The lowest BCUT2D eigenvalue weighted by atomic mass is 10.1. The number of benzene rings is 1. The SMILES string of the molecule is O=[N+]([O-])c1ccc2nc(C3CNCCN3)ccc2c1I. The molecule has 2 N–H and O–H groups in total. The highest BCUT2D eigenvalue weighted by Gasteiger charge is 2.18. The van der Waals surface area contributed by atoms with Gasteiger partial charge in [0.15, 0.2) is 0 Å². The first-order valence-electron chi connectivity index (χ1n) is 6.34. The van der Waals surface area contributed by atoms with E-state index in [9.17, 15) is 10.1 Å². The number of hydrogen-bond donors (Lipinski definition) is 2. The third-order valence-electron chi connectivity index (χ3n) is 3.40. The van der Waals surface area contributed by atoms with Crippen LogP contribution in [0.5, 0.6) is 0 Å². The smallest absolute Gasteiger partial charge is 0.283 e. The molecule has 0 amide bonds. The normalized spacial score (nSPS) is 19.1. The second-order valence-corrected chi connectivity index (χ2v) is 5.75. The Morgan fingerprint density at radius 2 is 2.15 bits per heavy atom. The minimum atomic E-state index is -0.359. The molecular weight excluding hydrogens is 371 g/mol. The number of aromatic nitrogens is 1. The third-order valence-corrected chi connectivity index (χ3v) is 4.54. The van der Waals surface area contributed by atoms with Gasteiger partial charge in [0.2, 0.25) is 0 Å². The van der Waals surface area contributed by atoms with Crippen molar-refractivity contribution in [2.24, 2.45) is 0 Å². The topological polar surface area (TPSA) is 80.1 Å². The van der Waals surface area contributed by atoms with Crippen LogP contribution in [0.2, 0.25) is 0 Å². The number of pyridine rings is 1. The number of nitrogens with zero attached hydrogens (tertiary/aromatic N) is 2. The lowest BCUT2D eigenvalue weighted by Gasteiger charge is -2.24. The molecule has 1 unspecified atom stereocenters. The van der Waals surface area contributed by atoms with Crippen LogP contribution in [0.4, 0.5) is 5.69 Å². The first-order chi connectivity index (χ1) is 9.66. The quantitative estimate of drug-likeness (QED) is 0.470. The Balaban J connectivity index is 2.04. The van der Waals surface area contributed by atoms with Crippen LogP contribution in [0.1, 0.15) is 11.7 Å². The molecule has 1 saturated heterocycles. The molecule has 0 radical (unpaired) electrons. The van der Waals surface area contributed by atoms with Crippen LogP contribution in [0.25, 0.3) is 10.9 Å². The summed E-state index contributed by atoms with van der Waals surface area (Å²) in [6.45, 7) is 2.74. The summed E-state index contributed by atoms with van der Waals surface area (Å²) in [6.07, 6.45) is 0. The van der Waals surface area contributed by atoms with Gasteiger partial charge in [0.05, 0.1) is 22.2 Å². The fourth-order valence-electron chi connectivity index (χ4n) is 2.37. The monoisotopic (exact) mass is 384 g/mol. The molecule has 0 saturated carbocycles. The molecule has 2 aromatic rings. The van der Waals surface area contributed by atoms with Gasteiger partial charge in [0, 0.05) is 31.1 Å². The van der Waals surface area contributed by atoms with Gasteiger partial charge in [-0.05, 0) is 40.8 Å². The maximum atomic E-state index is 10.9. The molecule has 0 bridgehead atoms. The molecule has 20 heavy (non-hydrogen) atoms. The number of nitro benzene ring substituents is 1. The van der Waals surface area contributed by atoms with Crippen LogP contribution in [-0.4, -0.2) is 29.5 Å². The molecular formula is C13H13IN4O2. The Hall–Kier alpha value is -1.32. The Bertz CT molecular complexity index is 671. The Morgan fingerprint density at radius 3 is 2.85 bits per heavy atom. The van der Waals surface area contributed by atoms with E-state index in [0.29, 0.717) is 3.57 Å². The van der Waals surface area contributed by atoms with Gasteiger partial charge >= 0.3 is 0 Å². The summed E-state index contributed by atoms with van der Waals surface area (Å²) in [5, 5.41) is 18.5. The summed E-state index contributed by atoms with van der Waals surface area (Å²) < 4.78 is 0.638. The van der Waals surface area contributed by atoms with Crippen molar-refractivity contribution in [3.8, 4) is 0 Å². The molecule has 0 aliphatic carbocycles. The van der Waals surface area contributed by atoms with E-state index in [2.05, 4.69) is 15.6 Å². The minimum absolute atomic E-state index is 0.130. The zero-order valence-corrected chi connectivity index (χ0v) is 12.8. The highest BCUT2D eigenvalue weighted by atomic mass is 127. The maximum Gasteiger partial charge on any atom is 0.283 e. The van der Waals surface area contributed by atoms with Gasteiger partial charge in [0.1, 0.15) is 3.57 Å². The molecule has 1 aromatic heterocycles. The average molecular weight is 384 g/mol. The molecule has 3 rings (SSSR count). The second kappa shape index (κ2) is 5.58. The van der Waals surface area contributed by atoms with Crippen LogP contribution in [-0.2, 0) is 0 Å². The lowest BCUT2D eigenvalue weighted by molar-refractivity contribution is -0.385. The molecule has 0 spiro atoms. The minimum Gasteiger partial charge on any atom is -0.314 e. The summed E-state index contributed by atoms with van der Waals surface area (Å²) in [5.41, 5.74) is 1.89. The lowest BCUT2D eigenvalue weighted by Crippen LogP contribution is -2.42. The van der Waals surface area contributed by atoms with Gasteiger partial charge in [-0.3, -0.25) is 15.1 Å². The highest BCUT2D eigenvalue weighted by Crippen LogP contribution is 2.29. The van der Waals surface area contributed by atoms with Gasteiger partial charge < -0.3 is 10.6 Å². The van der Waals surface area contributed by atoms with Crippen molar-refractivity contribution < 1.29 is 4.92 Å². The fraction of sp³-hybridized carbons (Fsp3) is 0.308. The first-order valence-corrected chi connectivity index (χ1v) is 7.42. The largest absolute Gasteiger partial charge is 0.314 e. The summed E-state index contributed by atoms with van der Waals surface area (Å²) in [5.74, 6) is 0. The summed E-state index contributed by atoms with van der Waals surface area (Å²) >= 11 is 2.01. The van der Waals surface area contributed by atoms with Crippen molar-refractivity contribution in [2.75, 3.05) is 19.6 Å². The number of rotatable bonds is 2. The van der Waals surface area contributed by atoms with Crippen molar-refractivity contribution in [2.45, 2.75) is 6.04 Å². The number of halogens is 1. The second-order valence-electron chi connectivity index (χ2n) is 4.67. The predicted molar refractivity (Wildman–Crippen MR) is 84.7 cm³/mol. The number of fused-ring (bicyclic) bond motifs is 1. The number of piperazine rings is 1. The summed E-state index contributed by atoms with van der Waals surface area (Å²) in [7, 11) is 0. The van der Waals surface area contributed by atoms with Crippen LogP contribution in [0.3, 0.4) is 0 Å². The van der Waals surface area contributed by atoms with E-state index < -0.39 is 0 Å². The van der Waals surface area contributed by atoms with Crippen molar-refractivity contribution in [1.82, 2.24) is 15.6 Å². The van der Waals surface area contributed by atoms with Crippen molar-refractivity contribution >= 4 is 39.2 Å². The van der Waals surface area contributed by atoms with Gasteiger partial charge in [0.25, 0.3) is 5.69 Å². The van der Waals surface area contributed by atoms with Gasteiger partial charge in [-0.2, -0.15) is 0 Å². The Morgan fingerprint density at radius 1 is 1.30 bits per heavy atom. The van der Waals surface area contributed by atoms with Gasteiger partial charge in [-0.1, -0.05) is 0 Å². The van der Waals surface area contributed by atoms with Crippen molar-refractivity contribution in [3.63, 3.8) is 0 Å². The van der Waals surface area contributed by atoms with Crippen LogP contribution in [0.15, 0.2) is 24.3 Å². The van der Waals surface area contributed by atoms with Crippen molar-refractivity contribution in [3.05, 3.63) is 43.6 Å². The molecule has 6 nitrogen and oxygen atoms in total. The molecule has 2 heterocycles. The van der Waals surface area contributed by atoms with E-state index in [4.69, 9.17) is 0 Å². The van der Waals surface area contributed by atoms with E-state index >= 15 is 0 Å². The van der Waals surface area contributed by atoms with E-state index in [0.717, 1.165) is 36.2 Å². The van der Waals surface area contributed by atoms with E-state index in [1.165, 1.54) is 6.07 Å². The first kappa shape index (κ1) is 13.7. The number of nitro groups is 1. The van der Waals surface area contributed by atoms with Crippen LogP contribution < -0.4 is 10.6 Å². The van der Waals surface area contributed by atoms with Gasteiger partial charge in [-0.25, -0.2) is 0 Å². The highest BCUT2D eigenvalue weighted by molar-refractivity contribution is 14.1. The zero-order chi connectivity index (χ0) is 14.1. The number of hydrogen-bond acceptors (Lipinski definition) is 5. The van der Waals surface area contributed by atoms with E-state index in [1.807, 2.05) is 34.7 Å². The molecule has 1 aromatic carbocycles. The van der Waals surface area contributed by atoms with Crippen molar-refractivity contribution in [1.29, 1.82) is 0 Å².